The highest BCUT2D eigenvalue weighted by atomic mass is 32.2. The van der Waals surface area contributed by atoms with Gasteiger partial charge >= 0.3 is 6.09 Å². The lowest BCUT2D eigenvalue weighted by molar-refractivity contribution is 0.170. The van der Waals surface area contributed by atoms with Gasteiger partial charge in [-0.2, -0.15) is 4.31 Å². The summed E-state index contributed by atoms with van der Waals surface area (Å²) in [4.78, 5) is 10.9. The minimum absolute atomic E-state index is 0.196. The number of methoxy groups -OCH3 is 1. The average Bonchev–Trinajstić information content (AvgIpc) is 2.36. The Morgan fingerprint density at radius 2 is 2.10 bits per heavy atom. The molecule has 0 spiro atoms. The number of sulfonamides is 1. The van der Waals surface area contributed by atoms with Crippen molar-refractivity contribution < 1.29 is 17.9 Å². The molecule has 7 heteroatoms. The SMILES string of the molecule is COC(=O)NCCN(Cc1cccc(C)c1)S(C)(=O)=O. The van der Waals surface area contributed by atoms with Crippen LogP contribution in [0.5, 0.6) is 0 Å². The normalized spacial score (nSPS) is 11.4. The van der Waals surface area contributed by atoms with Crippen molar-refractivity contribution in [2.75, 3.05) is 26.5 Å². The Bertz CT molecular complexity index is 557. The van der Waals surface area contributed by atoms with Crippen LogP contribution in [-0.4, -0.2) is 45.3 Å². The van der Waals surface area contributed by atoms with Crippen LogP contribution >= 0.6 is 0 Å². The number of aryl methyl sites for hydroxylation is 1. The standard InChI is InChI=1S/C13H20N2O4S/c1-11-5-4-6-12(9-11)10-15(20(3,17)18)8-7-14-13(16)19-2/h4-6,9H,7-8,10H2,1-3H3,(H,14,16). The molecule has 20 heavy (non-hydrogen) atoms. The second-order valence-electron chi connectivity index (χ2n) is 4.50. The van der Waals surface area contributed by atoms with Crippen LogP contribution in [0.4, 0.5) is 4.79 Å². The molecule has 0 unspecified atom stereocenters. The summed E-state index contributed by atoms with van der Waals surface area (Å²) >= 11 is 0. The second-order valence-corrected chi connectivity index (χ2v) is 6.49. The predicted octanol–water partition coefficient (Wildman–Crippen LogP) is 1.11. The number of ether oxygens (including phenoxy) is 1. The van der Waals surface area contributed by atoms with Crippen LogP contribution < -0.4 is 5.32 Å². The molecule has 0 saturated heterocycles. The molecule has 0 aliphatic rings. The molecule has 1 aromatic rings. The Balaban J connectivity index is 2.68. The van der Waals surface area contributed by atoms with E-state index in [0.717, 1.165) is 17.4 Å². The van der Waals surface area contributed by atoms with E-state index in [1.165, 1.54) is 11.4 Å². The van der Waals surface area contributed by atoms with E-state index >= 15 is 0 Å². The monoisotopic (exact) mass is 300 g/mol. The second kappa shape index (κ2) is 7.25. The first-order chi connectivity index (χ1) is 9.32. The van der Waals surface area contributed by atoms with E-state index in [2.05, 4.69) is 10.1 Å². The Morgan fingerprint density at radius 3 is 2.65 bits per heavy atom. The molecule has 0 radical (unpaired) electrons. The molecule has 0 aromatic heterocycles. The molecule has 6 nitrogen and oxygen atoms in total. The van der Waals surface area contributed by atoms with E-state index < -0.39 is 16.1 Å². The number of hydrogen-bond donors (Lipinski definition) is 1. The molecule has 0 aliphatic carbocycles. The molecule has 0 saturated carbocycles. The van der Waals surface area contributed by atoms with Crippen LogP contribution in [0, 0.1) is 6.92 Å². The maximum atomic E-state index is 11.7. The lowest BCUT2D eigenvalue weighted by Crippen LogP contribution is -2.37. The van der Waals surface area contributed by atoms with E-state index in [4.69, 9.17) is 0 Å². The van der Waals surface area contributed by atoms with Gasteiger partial charge in [-0.3, -0.25) is 0 Å². The molecule has 0 atom stereocenters. The number of carbonyl (C=O) groups is 1. The Morgan fingerprint density at radius 1 is 1.40 bits per heavy atom. The van der Waals surface area contributed by atoms with Crippen LogP contribution in [-0.2, 0) is 21.3 Å². The van der Waals surface area contributed by atoms with Gasteiger partial charge in [0.15, 0.2) is 0 Å². The van der Waals surface area contributed by atoms with Crippen molar-refractivity contribution in [3.8, 4) is 0 Å². The highest BCUT2D eigenvalue weighted by molar-refractivity contribution is 7.88. The Labute approximate surface area is 119 Å². The molecule has 0 aliphatic heterocycles. The summed E-state index contributed by atoms with van der Waals surface area (Å²) in [6.07, 6.45) is 0.579. The van der Waals surface area contributed by atoms with Gasteiger partial charge < -0.3 is 10.1 Å². The van der Waals surface area contributed by atoms with Crippen molar-refractivity contribution in [2.24, 2.45) is 0 Å². The fraction of sp³-hybridized carbons (Fsp3) is 0.462. The highest BCUT2D eigenvalue weighted by Crippen LogP contribution is 2.10. The zero-order chi connectivity index (χ0) is 15.2. The number of hydrogen-bond acceptors (Lipinski definition) is 4. The summed E-state index contributed by atoms with van der Waals surface area (Å²) in [5.74, 6) is 0. The third-order valence-electron chi connectivity index (χ3n) is 2.73. The predicted molar refractivity (Wildman–Crippen MR) is 76.8 cm³/mol. The number of amides is 1. The molecule has 0 fully saturated rings. The van der Waals surface area contributed by atoms with Gasteiger partial charge in [0.25, 0.3) is 0 Å². The van der Waals surface area contributed by atoms with Gasteiger partial charge in [-0.15, -0.1) is 0 Å². The van der Waals surface area contributed by atoms with Gasteiger partial charge in [-0.05, 0) is 12.5 Å². The zero-order valence-electron chi connectivity index (χ0n) is 11.9. The van der Waals surface area contributed by atoms with Crippen molar-refractivity contribution in [1.82, 2.24) is 9.62 Å². The number of benzene rings is 1. The maximum Gasteiger partial charge on any atom is 0.406 e. The molecule has 1 aromatic carbocycles. The van der Waals surface area contributed by atoms with Crippen LogP contribution in [0.25, 0.3) is 0 Å². The fourth-order valence-electron chi connectivity index (χ4n) is 1.73. The summed E-state index contributed by atoms with van der Waals surface area (Å²) in [5, 5.41) is 2.46. The van der Waals surface area contributed by atoms with Crippen molar-refractivity contribution in [2.45, 2.75) is 13.5 Å². The number of alkyl carbamates (subject to hydrolysis) is 1. The van der Waals surface area contributed by atoms with Gasteiger partial charge in [0.2, 0.25) is 10.0 Å². The lowest BCUT2D eigenvalue weighted by Gasteiger charge is -2.20. The Kier molecular flexibility index (Phi) is 5.97. The van der Waals surface area contributed by atoms with Gasteiger partial charge in [-0.25, -0.2) is 13.2 Å². The minimum atomic E-state index is -3.34. The highest BCUT2D eigenvalue weighted by Gasteiger charge is 2.17. The average molecular weight is 300 g/mol. The van der Waals surface area contributed by atoms with Crippen LogP contribution in [0.3, 0.4) is 0 Å². The number of nitrogens with one attached hydrogen (secondary N) is 1. The van der Waals surface area contributed by atoms with E-state index in [1.807, 2.05) is 31.2 Å². The van der Waals surface area contributed by atoms with Crippen LogP contribution in [0.2, 0.25) is 0 Å². The van der Waals surface area contributed by atoms with Crippen molar-refractivity contribution in [3.63, 3.8) is 0 Å². The maximum absolute atomic E-state index is 11.7. The molecule has 112 valence electrons. The number of nitrogens with zero attached hydrogens (tertiary/aromatic N) is 1. The summed E-state index contributed by atoms with van der Waals surface area (Å²) in [7, 11) is -2.08. The zero-order valence-corrected chi connectivity index (χ0v) is 12.7. The molecule has 1 N–H and O–H groups in total. The summed E-state index contributed by atoms with van der Waals surface area (Å²) in [6, 6.07) is 7.65. The topological polar surface area (TPSA) is 75.7 Å². The number of rotatable bonds is 6. The van der Waals surface area contributed by atoms with Crippen molar-refractivity contribution >= 4 is 16.1 Å². The first-order valence-corrected chi connectivity index (χ1v) is 8.00. The summed E-state index contributed by atoms with van der Waals surface area (Å²) in [5.41, 5.74) is 1.98. The van der Waals surface area contributed by atoms with Crippen molar-refractivity contribution in [1.29, 1.82) is 0 Å². The lowest BCUT2D eigenvalue weighted by atomic mass is 10.1. The van der Waals surface area contributed by atoms with Gasteiger partial charge in [0.1, 0.15) is 0 Å². The molecular weight excluding hydrogens is 280 g/mol. The largest absolute Gasteiger partial charge is 0.453 e. The third-order valence-corrected chi connectivity index (χ3v) is 3.98. The number of carbonyl (C=O) groups excluding carboxylic acids is 1. The molecular formula is C13H20N2O4S. The van der Waals surface area contributed by atoms with Crippen molar-refractivity contribution in [3.05, 3.63) is 35.4 Å². The smallest absolute Gasteiger partial charge is 0.406 e. The van der Waals surface area contributed by atoms with E-state index in [0.29, 0.717) is 0 Å². The minimum Gasteiger partial charge on any atom is -0.453 e. The molecule has 1 amide bonds. The van der Waals surface area contributed by atoms with Gasteiger partial charge in [-0.1, -0.05) is 29.8 Å². The van der Waals surface area contributed by atoms with Crippen LogP contribution in [0.1, 0.15) is 11.1 Å². The Hall–Kier alpha value is -1.60. The summed E-state index contributed by atoms with van der Waals surface area (Å²) < 4.78 is 29.2. The first-order valence-electron chi connectivity index (χ1n) is 6.15. The fourth-order valence-corrected chi connectivity index (χ4v) is 2.54. The van der Waals surface area contributed by atoms with Crippen LogP contribution in [0.15, 0.2) is 24.3 Å². The summed E-state index contributed by atoms with van der Waals surface area (Å²) in [6.45, 7) is 2.63. The molecule has 1 rings (SSSR count). The van der Waals surface area contributed by atoms with Gasteiger partial charge in [0, 0.05) is 19.6 Å². The van der Waals surface area contributed by atoms with E-state index in [-0.39, 0.29) is 19.6 Å². The van der Waals surface area contributed by atoms with E-state index in [9.17, 15) is 13.2 Å². The first kappa shape index (κ1) is 16.5. The third kappa shape index (κ3) is 5.58. The quantitative estimate of drug-likeness (QED) is 0.854. The van der Waals surface area contributed by atoms with E-state index in [1.54, 1.807) is 0 Å². The van der Waals surface area contributed by atoms with Gasteiger partial charge in [0.05, 0.1) is 13.4 Å². The molecule has 0 bridgehead atoms. The molecule has 0 heterocycles.